The number of fused-ring (bicyclic) bond motifs is 1. The second-order valence-electron chi connectivity index (χ2n) is 5.52. The van der Waals surface area contributed by atoms with E-state index in [0.717, 1.165) is 0 Å². The van der Waals surface area contributed by atoms with Gasteiger partial charge in [0, 0.05) is 24.7 Å². The van der Waals surface area contributed by atoms with Crippen LogP contribution >= 0.6 is 0 Å². The van der Waals surface area contributed by atoms with Gasteiger partial charge >= 0.3 is 0 Å². The molecule has 2 aromatic carbocycles. The molecule has 0 amide bonds. The van der Waals surface area contributed by atoms with Crippen molar-refractivity contribution in [1.29, 1.82) is 0 Å². The first kappa shape index (κ1) is 16.1. The summed E-state index contributed by atoms with van der Waals surface area (Å²) >= 11 is 0. The van der Waals surface area contributed by atoms with E-state index in [-0.39, 0.29) is 22.7 Å². The summed E-state index contributed by atoms with van der Waals surface area (Å²) in [6.07, 6.45) is 1.30. The average molecular weight is 355 g/mol. The molecule has 2 aromatic heterocycles. The van der Waals surface area contributed by atoms with Crippen molar-refractivity contribution < 1.29 is 13.2 Å². The molecule has 2 heterocycles. The molecule has 8 heteroatoms. The van der Waals surface area contributed by atoms with Crippen LogP contribution in [-0.2, 0) is 0 Å². The molecule has 0 bridgehead atoms. The quantitative estimate of drug-likeness (QED) is 0.605. The first-order valence-electron chi connectivity index (χ1n) is 7.72. The number of halogens is 3. The second kappa shape index (κ2) is 6.14. The van der Waals surface area contributed by atoms with Crippen LogP contribution < -0.4 is 5.32 Å². The highest BCUT2D eigenvalue weighted by atomic mass is 19.1. The van der Waals surface area contributed by atoms with Crippen molar-refractivity contribution in [2.24, 2.45) is 0 Å². The normalized spacial score (nSPS) is 11.1. The third-order valence-electron chi connectivity index (χ3n) is 3.97. The molecule has 4 rings (SSSR count). The Labute approximate surface area is 146 Å². The highest BCUT2D eigenvalue weighted by Gasteiger charge is 2.25. The predicted molar refractivity (Wildman–Crippen MR) is 91.1 cm³/mol. The fraction of sp³-hybridized carbons (Fsp3) is 0.0556. The molecule has 0 spiro atoms. The SMILES string of the molecule is CNc1nc2ncnn2c(-c2ccccc2)c1-c1c(F)cc(F)cc1F. The first-order chi connectivity index (χ1) is 12.6. The van der Waals surface area contributed by atoms with E-state index in [2.05, 4.69) is 20.4 Å². The predicted octanol–water partition coefficient (Wildman–Crippen LogP) is 3.92. The van der Waals surface area contributed by atoms with Gasteiger partial charge in [-0.2, -0.15) is 19.6 Å². The summed E-state index contributed by atoms with van der Waals surface area (Å²) in [5.41, 5.74) is 0.785. The number of hydrogen-bond acceptors (Lipinski definition) is 4. The fourth-order valence-electron chi connectivity index (χ4n) is 2.90. The average Bonchev–Trinajstić information content (AvgIpc) is 3.09. The lowest BCUT2D eigenvalue weighted by Gasteiger charge is -2.16. The minimum absolute atomic E-state index is 0.131. The maximum atomic E-state index is 14.6. The van der Waals surface area contributed by atoms with Gasteiger partial charge in [0.15, 0.2) is 0 Å². The van der Waals surface area contributed by atoms with Crippen LogP contribution in [0.3, 0.4) is 0 Å². The number of benzene rings is 2. The molecule has 0 saturated carbocycles. The standard InChI is InChI=1S/C18H12F3N5/c1-22-17-15(14-12(20)7-11(19)8-13(14)21)16(10-5-3-2-4-6-10)26-18(25-17)23-9-24-26/h2-9H,1H3,(H,22,23,24,25). The summed E-state index contributed by atoms with van der Waals surface area (Å²) in [7, 11) is 1.58. The molecule has 26 heavy (non-hydrogen) atoms. The fourth-order valence-corrected chi connectivity index (χ4v) is 2.90. The molecule has 1 N–H and O–H groups in total. The summed E-state index contributed by atoms with van der Waals surface area (Å²) in [5.74, 6) is -2.59. The zero-order chi connectivity index (χ0) is 18.3. The monoisotopic (exact) mass is 355 g/mol. The molecule has 4 aromatic rings. The Morgan fingerprint density at radius 3 is 2.31 bits per heavy atom. The van der Waals surface area contributed by atoms with E-state index >= 15 is 0 Å². The number of aromatic nitrogens is 4. The Morgan fingerprint density at radius 1 is 0.962 bits per heavy atom. The molecule has 0 aliphatic heterocycles. The summed E-state index contributed by atoms with van der Waals surface area (Å²) in [5, 5.41) is 6.97. The minimum atomic E-state index is -1.03. The van der Waals surface area contributed by atoms with Crippen molar-refractivity contribution in [1.82, 2.24) is 19.6 Å². The summed E-state index contributed by atoms with van der Waals surface area (Å²) in [6.45, 7) is 0. The van der Waals surface area contributed by atoms with Crippen molar-refractivity contribution in [2.45, 2.75) is 0 Å². The molecule has 0 fully saturated rings. The van der Waals surface area contributed by atoms with Gasteiger partial charge in [0.2, 0.25) is 0 Å². The van der Waals surface area contributed by atoms with Crippen LogP contribution in [0.5, 0.6) is 0 Å². The lowest BCUT2D eigenvalue weighted by Crippen LogP contribution is -2.07. The van der Waals surface area contributed by atoms with E-state index in [1.165, 1.54) is 10.8 Å². The van der Waals surface area contributed by atoms with E-state index in [4.69, 9.17) is 0 Å². The first-order valence-corrected chi connectivity index (χ1v) is 7.72. The molecule has 0 atom stereocenters. The van der Waals surface area contributed by atoms with Crippen LogP contribution in [0.1, 0.15) is 0 Å². The highest BCUT2D eigenvalue weighted by molar-refractivity contribution is 5.90. The minimum Gasteiger partial charge on any atom is -0.372 e. The van der Waals surface area contributed by atoms with E-state index in [0.29, 0.717) is 23.4 Å². The van der Waals surface area contributed by atoms with Gasteiger partial charge in [-0.15, -0.1) is 0 Å². The van der Waals surface area contributed by atoms with Crippen LogP contribution in [0.4, 0.5) is 19.0 Å². The zero-order valence-electron chi connectivity index (χ0n) is 13.5. The van der Waals surface area contributed by atoms with Crippen LogP contribution in [0.25, 0.3) is 28.2 Å². The Morgan fingerprint density at radius 2 is 1.65 bits per heavy atom. The van der Waals surface area contributed by atoms with Gasteiger partial charge in [-0.3, -0.25) is 0 Å². The molecule has 0 saturated heterocycles. The highest BCUT2D eigenvalue weighted by Crippen LogP contribution is 2.39. The van der Waals surface area contributed by atoms with E-state index in [1.54, 1.807) is 31.3 Å². The van der Waals surface area contributed by atoms with Gasteiger partial charge in [-0.05, 0) is 0 Å². The Bertz CT molecular complexity index is 1090. The van der Waals surface area contributed by atoms with E-state index in [1.807, 2.05) is 6.07 Å². The summed E-state index contributed by atoms with van der Waals surface area (Å²) in [6, 6.07) is 10.2. The van der Waals surface area contributed by atoms with E-state index in [9.17, 15) is 13.2 Å². The summed E-state index contributed by atoms with van der Waals surface area (Å²) < 4.78 is 43.9. The molecule has 0 aliphatic rings. The van der Waals surface area contributed by atoms with Crippen LogP contribution in [0.2, 0.25) is 0 Å². The maximum Gasteiger partial charge on any atom is 0.254 e. The van der Waals surface area contributed by atoms with Crippen molar-refractivity contribution in [3.05, 3.63) is 66.2 Å². The smallest absolute Gasteiger partial charge is 0.254 e. The third-order valence-corrected chi connectivity index (χ3v) is 3.97. The number of hydrogen-bond donors (Lipinski definition) is 1. The van der Waals surface area contributed by atoms with Gasteiger partial charge in [-0.25, -0.2) is 13.2 Å². The molecule has 5 nitrogen and oxygen atoms in total. The number of rotatable bonds is 3. The van der Waals surface area contributed by atoms with Gasteiger partial charge in [0.1, 0.15) is 29.6 Å². The van der Waals surface area contributed by atoms with Crippen molar-refractivity contribution in [3.63, 3.8) is 0 Å². The Kier molecular flexibility index (Phi) is 3.80. The van der Waals surface area contributed by atoms with Gasteiger partial charge in [0.25, 0.3) is 5.78 Å². The van der Waals surface area contributed by atoms with Crippen molar-refractivity contribution in [2.75, 3.05) is 12.4 Å². The lowest BCUT2D eigenvalue weighted by molar-refractivity contribution is 0.548. The van der Waals surface area contributed by atoms with Crippen LogP contribution in [0, 0.1) is 17.5 Å². The Hall–Kier alpha value is -3.42. The molecule has 0 aliphatic carbocycles. The maximum absolute atomic E-state index is 14.6. The van der Waals surface area contributed by atoms with Crippen molar-refractivity contribution >= 4 is 11.6 Å². The van der Waals surface area contributed by atoms with Crippen molar-refractivity contribution in [3.8, 4) is 22.4 Å². The Balaban J connectivity index is 2.18. The van der Waals surface area contributed by atoms with Gasteiger partial charge < -0.3 is 5.32 Å². The number of nitrogens with one attached hydrogen (secondary N) is 1. The molecule has 0 radical (unpaired) electrons. The zero-order valence-corrected chi connectivity index (χ0v) is 13.5. The van der Waals surface area contributed by atoms with Gasteiger partial charge in [-0.1, -0.05) is 30.3 Å². The summed E-state index contributed by atoms with van der Waals surface area (Å²) in [4.78, 5) is 8.33. The molecule has 130 valence electrons. The third kappa shape index (κ3) is 2.46. The second-order valence-corrected chi connectivity index (χ2v) is 5.52. The molecule has 0 unspecified atom stereocenters. The number of nitrogens with zero attached hydrogens (tertiary/aromatic N) is 4. The van der Waals surface area contributed by atoms with Gasteiger partial charge in [0.05, 0.1) is 16.8 Å². The molecular weight excluding hydrogens is 343 g/mol. The molecular formula is C18H12F3N5. The number of anilines is 1. The lowest BCUT2D eigenvalue weighted by atomic mass is 9.98. The topological polar surface area (TPSA) is 55.1 Å². The largest absolute Gasteiger partial charge is 0.372 e. The van der Waals surface area contributed by atoms with Crippen LogP contribution in [0.15, 0.2) is 48.8 Å². The van der Waals surface area contributed by atoms with Crippen LogP contribution in [-0.4, -0.2) is 26.6 Å². The van der Waals surface area contributed by atoms with E-state index < -0.39 is 17.5 Å².